The van der Waals surface area contributed by atoms with Crippen molar-refractivity contribution in [2.45, 2.75) is 0 Å². The van der Waals surface area contributed by atoms with Gasteiger partial charge in [-0.05, 0) is 76.5 Å². The van der Waals surface area contributed by atoms with E-state index in [0.29, 0.717) is 0 Å². The zero-order valence-corrected chi connectivity index (χ0v) is 29.6. The second-order valence-corrected chi connectivity index (χ2v) is 14.8. The minimum atomic E-state index is 1.11. The van der Waals surface area contributed by atoms with Crippen molar-refractivity contribution in [2.24, 2.45) is 0 Å². The van der Waals surface area contributed by atoms with Crippen LogP contribution in [-0.4, -0.2) is 4.57 Å². The van der Waals surface area contributed by atoms with E-state index in [1.54, 1.807) is 0 Å². The van der Waals surface area contributed by atoms with Crippen molar-refractivity contribution in [1.29, 1.82) is 0 Å². The van der Waals surface area contributed by atoms with Crippen molar-refractivity contribution in [3.63, 3.8) is 0 Å². The van der Waals surface area contributed by atoms with Gasteiger partial charge in [0, 0.05) is 58.8 Å². The first-order valence-electron chi connectivity index (χ1n) is 18.1. The Morgan fingerprint density at radius 2 is 1.02 bits per heavy atom. The molecule has 53 heavy (non-hydrogen) atoms. The van der Waals surface area contributed by atoms with Gasteiger partial charge in [-0.1, -0.05) is 140 Å². The Balaban J connectivity index is 1.12. The molecule has 3 heteroatoms. The van der Waals surface area contributed by atoms with Gasteiger partial charge in [0.05, 0.1) is 16.7 Å². The maximum atomic E-state index is 2.48. The quantitative estimate of drug-likeness (QED) is 0.174. The monoisotopic (exact) mass is 692 g/mol. The highest BCUT2D eigenvalue weighted by Gasteiger charge is 2.20. The van der Waals surface area contributed by atoms with Gasteiger partial charge in [0.1, 0.15) is 0 Å². The number of fused-ring (bicyclic) bond motifs is 10. The van der Waals surface area contributed by atoms with Gasteiger partial charge in [0.2, 0.25) is 0 Å². The van der Waals surface area contributed by atoms with Gasteiger partial charge in [-0.15, -0.1) is 11.3 Å². The summed E-state index contributed by atoms with van der Waals surface area (Å²) in [4.78, 5) is 2.39. The molecule has 2 aromatic heterocycles. The Kier molecular flexibility index (Phi) is 6.76. The smallest absolute Gasteiger partial charge is 0.0633 e. The summed E-state index contributed by atoms with van der Waals surface area (Å²) in [5.41, 5.74) is 9.40. The van der Waals surface area contributed by atoms with Crippen LogP contribution >= 0.6 is 11.3 Å². The third-order valence-electron chi connectivity index (χ3n) is 10.8. The standard InChI is InChI=1S/C50H32N2S/c1-2-11-33(12-3-1)34-21-25-37(26-22-34)51(45-19-10-14-35-13-4-5-15-40(35)45)38-27-29-39(30-28-38)52-46-18-8-6-16-41(46)43-31-23-36-24-32-44-42-17-7-9-20-47(42)53-50(44)48(36)49(43)52/h1-32H. The van der Waals surface area contributed by atoms with Gasteiger partial charge in [-0.3, -0.25) is 0 Å². The maximum Gasteiger partial charge on any atom is 0.0633 e. The first-order valence-corrected chi connectivity index (χ1v) is 18.9. The van der Waals surface area contributed by atoms with E-state index < -0.39 is 0 Å². The lowest BCUT2D eigenvalue weighted by atomic mass is 10.0. The molecule has 248 valence electrons. The van der Waals surface area contributed by atoms with Crippen molar-refractivity contribution in [3.05, 3.63) is 194 Å². The van der Waals surface area contributed by atoms with Gasteiger partial charge < -0.3 is 9.47 Å². The second kappa shape index (κ2) is 11.9. The Labute approximate surface area is 311 Å². The third-order valence-corrected chi connectivity index (χ3v) is 12.0. The van der Waals surface area contributed by atoms with Crippen molar-refractivity contribution in [3.8, 4) is 16.8 Å². The molecule has 0 aliphatic carbocycles. The minimum absolute atomic E-state index is 1.11. The average Bonchev–Trinajstić information content (AvgIpc) is 3.78. The first kappa shape index (κ1) is 30.0. The normalized spacial score (nSPS) is 11.8. The molecular weight excluding hydrogens is 661 g/mol. The van der Waals surface area contributed by atoms with E-state index in [4.69, 9.17) is 0 Å². The first-order chi connectivity index (χ1) is 26.3. The number of anilines is 3. The summed E-state index contributed by atoms with van der Waals surface area (Å²) < 4.78 is 5.15. The molecule has 0 aliphatic heterocycles. The van der Waals surface area contributed by atoms with E-state index in [0.717, 1.165) is 22.7 Å². The summed E-state index contributed by atoms with van der Waals surface area (Å²) in [7, 11) is 0. The molecule has 0 spiro atoms. The van der Waals surface area contributed by atoms with Crippen LogP contribution < -0.4 is 4.90 Å². The lowest BCUT2D eigenvalue weighted by Crippen LogP contribution is -2.10. The number of aromatic nitrogens is 1. The highest BCUT2D eigenvalue weighted by atomic mass is 32.1. The van der Waals surface area contributed by atoms with Gasteiger partial charge in [-0.2, -0.15) is 0 Å². The van der Waals surface area contributed by atoms with Gasteiger partial charge in [-0.25, -0.2) is 0 Å². The molecule has 0 saturated carbocycles. The van der Waals surface area contributed by atoms with E-state index in [9.17, 15) is 0 Å². The van der Waals surface area contributed by atoms with Crippen LogP contribution in [0.2, 0.25) is 0 Å². The molecule has 9 aromatic carbocycles. The molecule has 0 bridgehead atoms. The van der Waals surface area contributed by atoms with E-state index in [-0.39, 0.29) is 0 Å². The van der Waals surface area contributed by atoms with E-state index in [2.05, 4.69) is 204 Å². The molecule has 2 heterocycles. The highest BCUT2D eigenvalue weighted by Crippen LogP contribution is 2.45. The zero-order valence-electron chi connectivity index (χ0n) is 28.8. The van der Waals surface area contributed by atoms with E-state index >= 15 is 0 Å². The number of hydrogen-bond acceptors (Lipinski definition) is 2. The predicted molar refractivity (Wildman–Crippen MR) is 229 cm³/mol. The van der Waals surface area contributed by atoms with Crippen LogP contribution in [0.1, 0.15) is 0 Å². The fraction of sp³-hybridized carbons (Fsp3) is 0. The van der Waals surface area contributed by atoms with Crippen molar-refractivity contribution >= 4 is 91.9 Å². The molecular formula is C50H32N2S. The molecule has 11 rings (SSSR count). The van der Waals surface area contributed by atoms with Crippen LogP contribution in [0.3, 0.4) is 0 Å². The second-order valence-electron chi connectivity index (χ2n) is 13.7. The summed E-state index contributed by atoms with van der Waals surface area (Å²) in [6.07, 6.45) is 0. The lowest BCUT2D eigenvalue weighted by molar-refractivity contribution is 1.18. The molecule has 2 nitrogen and oxygen atoms in total. The van der Waals surface area contributed by atoms with Crippen molar-refractivity contribution in [2.75, 3.05) is 4.90 Å². The zero-order chi connectivity index (χ0) is 34.9. The topological polar surface area (TPSA) is 8.17 Å². The van der Waals surface area contributed by atoms with Gasteiger partial charge in [0.25, 0.3) is 0 Å². The van der Waals surface area contributed by atoms with Crippen molar-refractivity contribution in [1.82, 2.24) is 4.57 Å². The summed E-state index contributed by atoms with van der Waals surface area (Å²) in [5, 5.41) is 10.2. The molecule has 0 saturated heterocycles. The summed E-state index contributed by atoms with van der Waals surface area (Å²) in [6, 6.07) is 70.8. The SMILES string of the molecule is c1ccc(-c2ccc(N(c3ccc(-n4c5ccccc5c5ccc6ccc7c8ccccc8sc7c6c54)cc3)c3cccc4ccccc34)cc2)cc1. The summed E-state index contributed by atoms with van der Waals surface area (Å²) in [5.74, 6) is 0. The van der Waals surface area contributed by atoms with Crippen LogP contribution in [0.5, 0.6) is 0 Å². The third kappa shape index (κ3) is 4.71. The van der Waals surface area contributed by atoms with Crippen LogP contribution in [0.25, 0.3) is 80.3 Å². The fourth-order valence-corrected chi connectivity index (χ4v) is 9.58. The Morgan fingerprint density at radius 1 is 0.396 bits per heavy atom. The number of hydrogen-bond donors (Lipinski definition) is 0. The lowest BCUT2D eigenvalue weighted by Gasteiger charge is -2.27. The molecule has 0 aliphatic rings. The molecule has 11 aromatic rings. The van der Waals surface area contributed by atoms with Crippen LogP contribution in [0.15, 0.2) is 194 Å². The Bertz CT molecular complexity index is 3140. The van der Waals surface area contributed by atoms with E-state index in [1.165, 1.54) is 74.6 Å². The molecule has 0 radical (unpaired) electrons. The summed E-state index contributed by atoms with van der Waals surface area (Å²) in [6.45, 7) is 0. The van der Waals surface area contributed by atoms with Gasteiger partial charge >= 0.3 is 0 Å². The van der Waals surface area contributed by atoms with Crippen LogP contribution in [0.4, 0.5) is 17.1 Å². The van der Waals surface area contributed by atoms with Crippen LogP contribution in [0, 0.1) is 0 Å². The van der Waals surface area contributed by atoms with Gasteiger partial charge in [0.15, 0.2) is 0 Å². The molecule has 0 atom stereocenters. The maximum absolute atomic E-state index is 2.48. The molecule has 0 amide bonds. The molecule has 0 unspecified atom stereocenters. The number of thiophene rings is 1. The Hall–Kier alpha value is -6.68. The number of nitrogens with zero attached hydrogens (tertiary/aromatic N) is 2. The fourth-order valence-electron chi connectivity index (χ4n) is 8.32. The van der Waals surface area contributed by atoms with Crippen LogP contribution in [-0.2, 0) is 0 Å². The average molecular weight is 693 g/mol. The van der Waals surface area contributed by atoms with Crippen molar-refractivity contribution < 1.29 is 0 Å². The number of para-hydroxylation sites is 1. The Morgan fingerprint density at radius 3 is 1.83 bits per heavy atom. The van der Waals surface area contributed by atoms with E-state index in [1.807, 2.05) is 11.3 Å². The molecule has 0 fully saturated rings. The number of benzene rings is 9. The molecule has 0 N–H and O–H groups in total. The summed E-state index contributed by atoms with van der Waals surface area (Å²) >= 11 is 1.90. The largest absolute Gasteiger partial charge is 0.310 e. The predicted octanol–water partition coefficient (Wildman–Crippen LogP) is 14.6. The minimum Gasteiger partial charge on any atom is -0.310 e. The highest BCUT2D eigenvalue weighted by molar-refractivity contribution is 7.26. The number of rotatable bonds is 5.